The molecule has 0 amide bonds. The molecule has 3 nitrogen and oxygen atoms in total. The van der Waals surface area contributed by atoms with Gasteiger partial charge in [-0.2, -0.15) is 0 Å². The predicted octanol–water partition coefficient (Wildman–Crippen LogP) is 1.47. The highest BCUT2D eigenvalue weighted by Gasteiger charge is 2.24. The first kappa shape index (κ1) is 12.9. The molecular weight excluding hydrogens is 188 g/mol. The van der Waals surface area contributed by atoms with E-state index in [0.717, 1.165) is 32.0 Å². The standard InChI is InChI=1S/C12H26N2O/c1-4-5-10(2)8-11(13)12-9-14(3)6-7-15-12/h10-12H,4-9,13H2,1-3H3. The molecule has 1 saturated heterocycles. The molecule has 0 saturated carbocycles. The van der Waals surface area contributed by atoms with Crippen LogP contribution in [0, 0.1) is 5.92 Å². The van der Waals surface area contributed by atoms with E-state index in [0.29, 0.717) is 0 Å². The number of ether oxygens (including phenoxy) is 1. The fourth-order valence-electron chi connectivity index (χ4n) is 2.30. The minimum Gasteiger partial charge on any atom is -0.374 e. The van der Waals surface area contributed by atoms with Gasteiger partial charge in [0.2, 0.25) is 0 Å². The summed E-state index contributed by atoms with van der Waals surface area (Å²) in [5.74, 6) is 0.723. The van der Waals surface area contributed by atoms with E-state index < -0.39 is 0 Å². The Kier molecular flexibility index (Phi) is 5.58. The quantitative estimate of drug-likeness (QED) is 0.753. The van der Waals surface area contributed by atoms with Crippen molar-refractivity contribution >= 4 is 0 Å². The van der Waals surface area contributed by atoms with Crippen molar-refractivity contribution in [2.45, 2.75) is 45.3 Å². The number of hydrogen-bond donors (Lipinski definition) is 1. The summed E-state index contributed by atoms with van der Waals surface area (Å²) in [7, 11) is 2.14. The van der Waals surface area contributed by atoms with Gasteiger partial charge in [0.1, 0.15) is 0 Å². The highest BCUT2D eigenvalue weighted by atomic mass is 16.5. The topological polar surface area (TPSA) is 38.5 Å². The molecule has 15 heavy (non-hydrogen) atoms. The minimum atomic E-state index is 0.203. The van der Waals surface area contributed by atoms with Crippen LogP contribution in [-0.4, -0.2) is 43.8 Å². The fraction of sp³-hybridized carbons (Fsp3) is 1.00. The van der Waals surface area contributed by atoms with Crippen molar-refractivity contribution in [1.29, 1.82) is 0 Å². The molecule has 3 unspecified atom stereocenters. The van der Waals surface area contributed by atoms with E-state index in [9.17, 15) is 0 Å². The Hall–Kier alpha value is -0.120. The summed E-state index contributed by atoms with van der Waals surface area (Å²) in [6.45, 7) is 7.37. The molecule has 3 heteroatoms. The summed E-state index contributed by atoms with van der Waals surface area (Å²) in [6, 6.07) is 0.203. The minimum absolute atomic E-state index is 0.203. The van der Waals surface area contributed by atoms with Gasteiger partial charge < -0.3 is 15.4 Å². The third-order valence-corrected chi connectivity index (χ3v) is 3.23. The number of morpholine rings is 1. The fourth-order valence-corrected chi connectivity index (χ4v) is 2.30. The monoisotopic (exact) mass is 214 g/mol. The maximum atomic E-state index is 6.19. The highest BCUT2D eigenvalue weighted by Crippen LogP contribution is 2.16. The van der Waals surface area contributed by atoms with E-state index in [4.69, 9.17) is 10.5 Å². The lowest BCUT2D eigenvalue weighted by Gasteiger charge is -2.34. The Morgan fingerprint density at radius 2 is 2.27 bits per heavy atom. The third-order valence-electron chi connectivity index (χ3n) is 3.23. The van der Waals surface area contributed by atoms with Crippen LogP contribution in [-0.2, 0) is 4.74 Å². The van der Waals surface area contributed by atoms with Gasteiger partial charge in [0.05, 0.1) is 12.7 Å². The van der Waals surface area contributed by atoms with E-state index in [2.05, 4.69) is 25.8 Å². The Balaban J connectivity index is 2.28. The van der Waals surface area contributed by atoms with Crippen molar-refractivity contribution in [2.24, 2.45) is 11.7 Å². The van der Waals surface area contributed by atoms with Crippen molar-refractivity contribution in [3.05, 3.63) is 0 Å². The molecule has 0 bridgehead atoms. The zero-order valence-corrected chi connectivity index (χ0v) is 10.4. The number of rotatable bonds is 5. The number of nitrogens with zero attached hydrogens (tertiary/aromatic N) is 1. The first-order valence-corrected chi connectivity index (χ1v) is 6.19. The average molecular weight is 214 g/mol. The second kappa shape index (κ2) is 6.46. The van der Waals surface area contributed by atoms with Gasteiger partial charge in [-0.05, 0) is 19.4 Å². The van der Waals surface area contributed by atoms with E-state index in [-0.39, 0.29) is 12.1 Å². The lowest BCUT2D eigenvalue weighted by atomic mass is 9.94. The maximum absolute atomic E-state index is 6.19. The summed E-state index contributed by atoms with van der Waals surface area (Å²) < 4.78 is 5.72. The Morgan fingerprint density at radius 1 is 1.53 bits per heavy atom. The van der Waals surface area contributed by atoms with Crippen LogP contribution in [0.25, 0.3) is 0 Å². The largest absolute Gasteiger partial charge is 0.374 e. The summed E-state index contributed by atoms with van der Waals surface area (Å²) in [4.78, 5) is 2.30. The van der Waals surface area contributed by atoms with Crippen LogP contribution >= 0.6 is 0 Å². The van der Waals surface area contributed by atoms with E-state index in [1.165, 1.54) is 12.8 Å². The SMILES string of the molecule is CCCC(C)CC(N)C1CN(C)CCO1. The molecule has 0 spiro atoms. The third kappa shape index (κ3) is 4.49. The zero-order valence-electron chi connectivity index (χ0n) is 10.4. The van der Waals surface area contributed by atoms with Gasteiger partial charge >= 0.3 is 0 Å². The molecule has 2 N–H and O–H groups in total. The molecule has 1 aliphatic rings. The van der Waals surface area contributed by atoms with E-state index in [1.54, 1.807) is 0 Å². The first-order chi connectivity index (χ1) is 7.13. The van der Waals surface area contributed by atoms with Gasteiger partial charge in [-0.3, -0.25) is 0 Å². The second-order valence-electron chi connectivity index (χ2n) is 4.96. The van der Waals surface area contributed by atoms with Gasteiger partial charge in [0, 0.05) is 19.1 Å². The summed E-state index contributed by atoms with van der Waals surface area (Å²) in [5.41, 5.74) is 6.19. The highest BCUT2D eigenvalue weighted by molar-refractivity contribution is 4.80. The molecule has 0 aromatic heterocycles. The number of likely N-dealkylation sites (N-methyl/N-ethyl adjacent to an activating group) is 1. The zero-order chi connectivity index (χ0) is 11.3. The first-order valence-electron chi connectivity index (χ1n) is 6.19. The predicted molar refractivity (Wildman–Crippen MR) is 63.9 cm³/mol. The molecule has 0 aliphatic carbocycles. The Morgan fingerprint density at radius 3 is 2.87 bits per heavy atom. The molecule has 3 atom stereocenters. The molecule has 0 aromatic carbocycles. The summed E-state index contributed by atoms with van der Waals surface area (Å²) >= 11 is 0. The lowest BCUT2D eigenvalue weighted by molar-refractivity contribution is -0.0353. The van der Waals surface area contributed by atoms with Crippen molar-refractivity contribution in [1.82, 2.24) is 4.90 Å². The second-order valence-corrected chi connectivity index (χ2v) is 4.96. The molecule has 1 rings (SSSR count). The van der Waals surface area contributed by atoms with Crippen LogP contribution in [0.3, 0.4) is 0 Å². The molecule has 0 radical (unpaired) electrons. The van der Waals surface area contributed by atoms with Gasteiger partial charge in [0.25, 0.3) is 0 Å². The van der Waals surface area contributed by atoms with E-state index in [1.807, 2.05) is 0 Å². The number of nitrogens with two attached hydrogens (primary N) is 1. The summed E-state index contributed by atoms with van der Waals surface area (Å²) in [6.07, 6.45) is 3.85. The smallest absolute Gasteiger partial charge is 0.0853 e. The van der Waals surface area contributed by atoms with Crippen LogP contribution in [0.1, 0.15) is 33.1 Å². The molecule has 0 aromatic rings. The van der Waals surface area contributed by atoms with Crippen LogP contribution in [0.4, 0.5) is 0 Å². The van der Waals surface area contributed by atoms with Gasteiger partial charge in [-0.15, -0.1) is 0 Å². The maximum Gasteiger partial charge on any atom is 0.0853 e. The van der Waals surface area contributed by atoms with Crippen LogP contribution < -0.4 is 5.73 Å². The van der Waals surface area contributed by atoms with Gasteiger partial charge in [-0.25, -0.2) is 0 Å². The normalized spacial score (nSPS) is 27.6. The van der Waals surface area contributed by atoms with Crippen molar-refractivity contribution < 1.29 is 4.74 Å². The Labute approximate surface area is 94.0 Å². The van der Waals surface area contributed by atoms with E-state index >= 15 is 0 Å². The van der Waals surface area contributed by atoms with Crippen molar-refractivity contribution in [3.8, 4) is 0 Å². The van der Waals surface area contributed by atoms with Crippen LogP contribution in [0.2, 0.25) is 0 Å². The van der Waals surface area contributed by atoms with Crippen molar-refractivity contribution in [3.63, 3.8) is 0 Å². The van der Waals surface area contributed by atoms with Crippen LogP contribution in [0.15, 0.2) is 0 Å². The van der Waals surface area contributed by atoms with Gasteiger partial charge in [0.15, 0.2) is 0 Å². The van der Waals surface area contributed by atoms with Crippen LogP contribution in [0.5, 0.6) is 0 Å². The molecule has 1 fully saturated rings. The summed E-state index contributed by atoms with van der Waals surface area (Å²) in [5, 5.41) is 0. The molecular formula is C12H26N2O. The Bertz CT molecular complexity index is 175. The lowest BCUT2D eigenvalue weighted by Crippen LogP contribution is -2.49. The molecule has 1 aliphatic heterocycles. The molecule has 1 heterocycles. The molecule has 90 valence electrons. The van der Waals surface area contributed by atoms with Crippen molar-refractivity contribution in [2.75, 3.05) is 26.7 Å². The number of hydrogen-bond acceptors (Lipinski definition) is 3. The van der Waals surface area contributed by atoms with Gasteiger partial charge in [-0.1, -0.05) is 26.7 Å². The average Bonchev–Trinajstić information content (AvgIpc) is 2.18.